The van der Waals surface area contributed by atoms with Gasteiger partial charge in [-0.2, -0.15) is 5.10 Å². The number of ether oxygens (including phenoxy) is 2. The number of nitrogens with one attached hydrogen (secondary N) is 1. The van der Waals surface area contributed by atoms with Crippen molar-refractivity contribution in [1.29, 1.82) is 0 Å². The molecule has 0 radical (unpaired) electrons. The van der Waals surface area contributed by atoms with Gasteiger partial charge in [0.25, 0.3) is 0 Å². The molecule has 3 rings (SSSR count). The van der Waals surface area contributed by atoms with Gasteiger partial charge in [0.1, 0.15) is 18.1 Å². The number of amidine groups is 1. The van der Waals surface area contributed by atoms with E-state index in [2.05, 4.69) is 29.4 Å². The van der Waals surface area contributed by atoms with Gasteiger partial charge in [0.15, 0.2) is 5.84 Å². The van der Waals surface area contributed by atoms with Crippen LogP contribution >= 0.6 is 0 Å². The maximum atomic E-state index is 13.2. The highest BCUT2D eigenvalue weighted by molar-refractivity contribution is 5.98. The number of nitrogens with two attached hydrogens (primary N) is 2. The lowest BCUT2D eigenvalue weighted by molar-refractivity contribution is 0.0858. The van der Waals surface area contributed by atoms with Gasteiger partial charge in [-0.05, 0) is 48.1 Å². The van der Waals surface area contributed by atoms with Crippen LogP contribution in [0, 0.1) is 0 Å². The van der Waals surface area contributed by atoms with Gasteiger partial charge in [0.2, 0.25) is 6.36 Å². The predicted octanol–water partition coefficient (Wildman–Crippen LogP) is 4.35. The molecule has 3 aromatic rings. The van der Waals surface area contributed by atoms with Crippen LogP contribution in [-0.2, 0) is 19.4 Å². The van der Waals surface area contributed by atoms with Crippen LogP contribution < -0.4 is 26.6 Å². The van der Waals surface area contributed by atoms with Crippen molar-refractivity contribution >= 4 is 5.84 Å². The van der Waals surface area contributed by atoms with Gasteiger partial charge in [0.05, 0.1) is 5.69 Å². The molecule has 0 fully saturated rings. The topological polar surface area (TPSA) is 108 Å². The van der Waals surface area contributed by atoms with Gasteiger partial charge in [-0.15, -0.1) is 0 Å². The van der Waals surface area contributed by atoms with Crippen LogP contribution in [0.25, 0.3) is 0 Å². The molecular weight excluding hydrogens is 433 g/mol. The number of benzene rings is 2. The van der Waals surface area contributed by atoms with Gasteiger partial charge in [-0.1, -0.05) is 50.2 Å². The highest BCUT2D eigenvalue weighted by Gasteiger charge is 2.15. The molecule has 8 heteroatoms. The first kappa shape index (κ1) is 25.0. The lowest BCUT2D eigenvalue weighted by atomic mass is 9.99. The highest BCUT2D eigenvalue weighted by atomic mass is 19.1. The number of hydrogen-bond acceptors (Lipinski definition) is 6. The quantitative estimate of drug-likeness (QED) is 0.178. The van der Waals surface area contributed by atoms with Crippen LogP contribution in [0.4, 0.5) is 4.39 Å². The summed E-state index contributed by atoms with van der Waals surface area (Å²) in [5, 5.41) is 3.63. The molecule has 0 bridgehead atoms. The molecule has 0 spiro atoms. The minimum Gasteiger partial charge on any atom is -0.487 e. The number of aromatic nitrogens is 1. The van der Waals surface area contributed by atoms with Crippen molar-refractivity contribution in [2.24, 2.45) is 16.8 Å². The summed E-state index contributed by atoms with van der Waals surface area (Å²) in [6, 6.07) is 17.1. The van der Waals surface area contributed by atoms with Gasteiger partial charge in [0, 0.05) is 24.2 Å². The SMILES string of the molecule is CC(F)Oc1cccc(COc2c(C(C)C)ccnc2CCc2ccc(/C(=N/N)NN)cc2)c1. The third kappa shape index (κ3) is 6.68. The molecule has 0 saturated heterocycles. The molecule has 1 heterocycles. The van der Waals surface area contributed by atoms with E-state index >= 15 is 0 Å². The van der Waals surface area contributed by atoms with Crippen molar-refractivity contribution in [1.82, 2.24) is 10.4 Å². The molecule has 0 aliphatic heterocycles. The number of aryl methyl sites for hydroxylation is 2. The zero-order valence-electron chi connectivity index (χ0n) is 19.8. The van der Waals surface area contributed by atoms with Gasteiger partial charge >= 0.3 is 0 Å². The Morgan fingerprint density at radius 2 is 1.82 bits per heavy atom. The number of halogens is 1. The summed E-state index contributed by atoms with van der Waals surface area (Å²) in [7, 11) is 0. The summed E-state index contributed by atoms with van der Waals surface area (Å²) in [6.45, 7) is 5.94. The molecule has 5 N–H and O–H groups in total. The predicted molar refractivity (Wildman–Crippen MR) is 132 cm³/mol. The van der Waals surface area contributed by atoms with Crippen molar-refractivity contribution in [2.75, 3.05) is 0 Å². The van der Waals surface area contributed by atoms with E-state index in [1.54, 1.807) is 12.1 Å². The van der Waals surface area contributed by atoms with Crippen LogP contribution in [-0.4, -0.2) is 17.2 Å². The molecule has 0 saturated carbocycles. The lowest BCUT2D eigenvalue weighted by Gasteiger charge is -2.18. The minimum atomic E-state index is -1.37. The number of pyridine rings is 1. The molecular formula is C26H32FN5O2. The summed E-state index contributed by atoms with van der Waals surface area (Å²) in [6.07, 6.45) is 1.96. The number of hydrogen-bond donors (Lipinski definition) is 3. The average Bonchev–Trinajstić information content (AvgIpc) is 2.83. The zero-order chi connectivity index (χ0) is 24.5. The fourth-order valence-electron chi connectivity index (χ4n) is 3.65. The standard InChI is InChI=1S/C26H32FN5O2/c1-17(2)23-13-14-30-24(12-9-19-7-10-21(11-8-19)26(31-28)32-29)25(23)33-16-20-5-4-6-22(15-20)34-18(3)27/h4-8,10-11,13-15,17-18H,9,12,16,28-29H2,1-3H3,(H,31,32). The van der Waals surface area contributed by atoms with E-state index < -0.39 is 6.36 Å². The summed E-state index contributed by atoms with van der Waals surface area (Å²) in [4.78, 5) is 4.62. The third-order valence-corrected chi connectivity index (χ3v) is 5.35. The second-order valence-corrected chi connectivity index (χ2v) is 8.25. The number of hydrazone groups is 1. The maximum absolute atomic E-state index is 13.2. The number of nitrogens with zero attached hydrogens (tertiary/aromatic N) is 2. The summed E-state index contributed by atoms with van der Waals surface area (Å²) in [5.74, 6) is 12.7. The Morgan fingerprint density at radius 3 is 2.47 bits per heavy atom. The van der Waals surface area contributed by atoms with Crippen molar-refractivity contribution in [2.45, 2.75) is 52.5 Å². The Labute approximate surface area is 200 Å². The van der Waals surface area contributed by atoms with Crippen molar-refractivity contribution in [3.8, 4) is 11.5 Å². The fraction of sp³-hybridized carbons (Fsp3) is 0.308. The molecule has 2 aromatic carbocycles. The van der Waals surface area contributed by atoms with E-state index in [1.165, 1.54) is 6.92 Å². The van der Waals surface area contributed by atoms with Crippen molar-refractivity contribution < 1.29 is 13.9 Å². The Morgan fingerprint density at radius 1 is 1.06 bits per heavy atom. The first-order valence-electron chi connectivity index (χ1n) is 11.2. The van der Waals surface area contributed by atoms with Crippen LogP contribution in [0.3, 0.4) is 0 Å². The molecule has 0 amide bonds. The van der Waals surface area contributed by atoms with Gasteiger partial charge < -0.3 is 20.7 Å². The summed E-state index contributed by atoms with van der Waals surface area (Å²) >= 11 is 0. The molecule has 34 heavy (non-hydrogen) atoms. The van der Waals surface area contributed by atoms with Crippen molar-refractivity contribution in [3.63, 3.8) is 0 Å². The molecule has 7 nitrogen and oxygen atoms in total. The molecule has 1 unspecified atom stereocenters. The van der Waals surface area contributed by atoms with E-state index in [1.807, 2.05) is 48.7 Å². The maximum Gasteiger partial charge on any atom is 0.235 e. The minimum absolute atomic E-state index is 0.274. The Bertz CT molecular complexity index is 1100. The first-order valence-corrected chi connectivity index (χ1v) is 11.2. The van der Waals surface area contributed by atoms with E-state index in [4.69, 9.17) is 21.2 Å². The Hall–Kier alpha value is -3.65. The zero-order valence-corrected chi connectivity index (χ0v) is 19.8. The van der Waals surface area contributed by atoms with E-state index in [9.17, 15) is 4.39 Å². The Kier molecular flexibility index (Phi) is 8.81. The van der Waals surface area contributed by atoms with Crippen LogP contribution in [0.1, 0.15) is 54.6 Å². The largest absolute Gasteiger partial charge is 0.487 e. The fourth-order valence-corrected chi connectivity index (χ4v) is 3.65. The monoisotopic (exact) mass is 465 g/mol. The molecule has 0 aliphatic carbocycles. The third-order valence-electron chi connectivity index (χ3n) is 5.35. The van der Waals surface area contributed by atoms with E-state index in [0.717, 1.165) is 40.1 Å². The number of alkyl halides is 1. The Balaban J connectivity index is 1.75. The van der Waals surface area contributed by atoms with E-state index in [0.29, 0.717) is 24.6 Å². The first-order chi connectivity index (χ1) is 16.4. The van der Waals surface area contributed by atoms with Crippen LogP contribution in [0.15, 0.2) is 65.9 Å². The average molecular weight is 466 g/mol. The van der Waals surface area contributed by atoms with Gasteiger partial charge in [-0.25, -0.2) is 10.2 Å². The molecule has 1 atom stereocenters. The van der Waals surface area contributed by atoms with Crippen LogP contribution in [0.5, 0.6) is 11.5 Å². The molecule has 180 valence electrons. The molecule has 1 aromatic heterocycles. The molecule has 0 aliphatic rings. The van der Waals surface area contributed by atoms with Crippen molar-refractivity contribution in [3.05, 3.63) is 88.7 Å². The summed E-state index contributed by atoms with van der Waals surface area (Å²) in [5.41, 5.74) is 7.33. The second kappa shape index (κ2) is 12.0. The number of hydrazine groups is 1. The lowest BCUT2D eigenvalue weighted by Crippen LogP contribution is -2.31. The van der Waals surface area contributed by atoms with E-state index in [-0.39, 0.29) is 5.92 Å². The van der Waals surface area contributed by atoms with Gasteiger partial charge in [-0.3, -0.25) is 4.98 Å². The number of rotatable bonds is 10. The highest BCUT2D eigenvalue weighted by Crippen LogP contribution is 2.31. The summed E-state index contributed by atoms with van der Waals surface area (Å²) < 4.78 is 24.6. The normalized spacial score (nSPS) is 12.5. The van der Waals surface area contributed by atoms with Crippen LogP contribution in [0.2, 0.25) is 0 Å². The second-order valence-electron chi connectivity index (χ2n) is 8.25. The smallest absolute Gasteiger partial charge is 0.235 e.